The van der Waals surface area contributed by atoms with Gasteiger partial charge in [-0.25, -0.2) is 4.98 Å². The summed E-state index contributed by atoms with van der Waals surface area (Å²) in [5.74, 6) is 1.46. The van der Waals surface area contributed by atoms with Crippen molar-refractivity contribution in [1.82, 2.24) is 19.6 Å². The van der Waals surface area contributed by atoms with Crippen molar-refractivity contribution in [1.29, 1.82) is 0 Å². The molecule has 0 atom stereocenters. The molecular formula is C12H17ClN4. The Kier molecular flexibility index (Phi) is 3.94. The fourth-order valence-corrected chi connectivity index (χ4v) is 2.38. The zero-order valence-corrected chi connectivity index (χ0v) is 11.0. The zero-order chi connectivity index (χ0) is 12.3. The maximum absolute atomic E-state index is 5.99. The second-order valence-electron chi connectivity index (χ2n) is 4.24. The molecule has 0 aromatic carbocycles. The molecule has 0 aliphatic carbocycles. The third kappa shape index (κ3) is 2.41. The fourth-order valence-electron chi connectivity index (χ4n) is 2.19. The molecule has 0 amide bonds. The van der Waals surface area contributed by atoms with E-state index < -0.39 is 0 Å². The van der Waals surface area contributed by atoms with Crippen LogP contribution in [0.5, 0.6) is 0 Å². The monoisotopic (exact) mass is 252 g/mol. The molecule has 0 saturated carbocycles. The number of aromatic nitrogens is 4. The van der Waals surface area contributed by atoms with Gasteiger partial charge in [0.25, 0.3) is 0 Å². The Morgan fingerprint density at radius 1 is 1.24 bits per heavy atom. The molecule has 2 heterocycles. The molecule has 0 aliphatic heterocycles. The van der Waals surface area contributed by atoms with Crippen LogP contribution in [0.15, 0.2) is 12.4 Å². The lowest BCUT2D eigenvalue weighted by atomic mass is 9.97. The molecule has 17 heavy (non-hydrogen) atoms. The Morgan fingerprint density at radius 3 is 2.59 bits per heavy atom. The highest BCUT2D eigenvalue weighted by Gasteiger charge is 2.17. The van der Waals surface area contributed by atoms with Crippen LogP contribution in [0.4, 0.5) is 0 Å². The number of halogens is 1. The van der Waals surface area contributed by atoms with Crippen LogP contribution in [0.2, 0.25) is 5.15 Å². The third-order valence-corrected chi connectivity index (χ3v) is 3.22. The lowest BCUT2D eigenvalue weighted by molar-refractivity contribution is 0.529. The maximum atomic E-state index is 5.99. The van der Waals surface area contributed by atoms with Gasteiger partial charge in [0.2, 0.25) is 0 Å². The van der Waals surface area contributed by atoms with Gasteiger partial charge in [-0.3, -0.25) is 4.40 Å². The van der Waals surface area contributed by atoms with Gasteiger partial charge >= 0.3 is 0 Å². The number of rotatable bonds is 5. The standard InChI is InChI=1S/C12H17ClN4/c1-3-5-9(6-4-2)11-15-16-12-10(13)14-7-8-17(11)12/h7-9H,3-6H2,1-2H3. The Hall–Kier alpha value is -1.16. The largest absolute Gasteiger partial charge is 0.282 e. The van der Waals surface area contributed by atoms with Crippen molar-refractivity contribution in [2.45, 2.75) is 45.4 Å². The smallest absolute Gasteiger partial charge is 0.198 e. The topological polar surface area (TPSA) is 43.1 Å². The summed E-state index contributed by atoms with van der Waals surface area (Å²) >= 11 is 5.99. The van der Waals surface area contributed by atoms with Gasteiger partial charge in [-0.15, -0.1) is 10.2 Å². The van der Waals surface area contributed by atoms with E-state index in [2.05, 4.69) is 29.0 Å². The summed E-state index contributed by atoms with van der Waals surface area (Å²) in [5, 5.41) is 8.82. The SMILES string of the molecule is CCCC(CCC)c1nnc2c(Cl)nccn12. The summed E-state index contributed by atoms with van der Waals surface area (Å²) in [6, 6.07) is 0. The molecule has 2 aromatic rings. The van der Waals surface area contributed by atoms with Gasteiger partial charge in [0.05, 0.1) is 0 Å². The van der Waals surface area contributed by atoms with Crippen molar-refractivity contribution in [2.75, 3.05) is 0 Å². The molecular weight excluding hydrogens is 236 g/mol. The van der Waals surface area contributed by atoms with Gasteiger partial charge in [0.15, 0.2) is 10.8 Å². The fraction of sp³-hybridized carbons (Fsp3) is 0.583. The van der Waals surface area contributed by atoms with Crippen LogP contribution in [0.3, 0.4) is 0 Å². The van der Waals surface area contributed by atoms with E-state index in [0.717, 1.165) is 31.5 Å². The molecule has 0 N–H and O–H groups in total. The molecule has 0 radical (unpaired) electrons. The van der Waals surface area contributed by atoms with E-state index in [9.17, 15) is 0 Å². The van der Waals surface area contributed by atoms with Crippen LogP contribution in [0, 0.1) is 0 Å². The number of hydrogen-bond acceptors (Lipinski definition) is 3. The number of nitrogens with zero attached hydrogens (tertiary/aromatic N) is 4. The van der Waals surface area contributed by atoms with Crippen molar-refractivity contribution in [3.05, 3.63) is 23.4 Å². The lowest BCUT2D eigenvalue weighted by Crippen LogP contribution is -2.04. The molecule has 4 nitrogen and oxygen atoms in total. The maximum Gasteiger partial charge on any atom is 0.198 e. The summed E-state index contributed by atoms with van der Waals surface area (Å²) in [7, 11) is 0. The minimum absolute atomic E-state index is 0.415. The van der Waals surface area contributed by atoms with Crippen molar-refractivity contribution in [2.24, 2.45) is 0 Å². The van der Waals surface area contributed by atoms with E-state index in [1.165, 1.54) is 0 Å². The quantitative estimate of drug-likeness (QED) is 0.819. The molecule has 0 fully saturated rings. The van der Waals surface area contributed by atoms with E-state index in [1.807, 2.05) is 10.6 Å². The summed E-state index contributed by atoms with van der Waals surface area (Å²) in [6.45, 7) is 4.39. The van der Waals surface area contributed by atoms with E-state index in [4.69, 9.17) is 11.6 Å². The van der Waals surface area contributed by atoms with E-state index in [1.54, 1.807) is 6.20 Å². The van der Waals surface area contributed by atoms with Crippen LogP contribution in [-0.4, -0.2) is 19.6 Å². The minimum Gasteiger partial charge on any atom is -0.282 e. The summed E-state index contributed by atoms with van der Waals surface area (Å²) in [4.78, 5) is 4.01. The average molecular weight is 253 g/mol. The van der Waals surface area contributed by atoms with Gasteiger partial charge in [-0.1, -0.05) is 38.3 Å². The Balaban J connectivity index is 2.42. The van der Waals surface area contributed by atoms with E-state index in [0.29, 0.717) is 16.7 Å². The van der Waals surface area contributed by atoms with Gasteiger partial charge in [-0.05, 0) is 12.8 Å². The van der Waals surface area contributed by atoms with Crippen molar-refractivity contribution >= 4 is 17.2 Å². The highest BCUT2D eigenvalue weighted by Crippen LogP contribution is 2.26. The first-order valence-corrected chi connectivity index (χ1v) is 6.50. The molecule has 0 bridgehead atoms. The van der Waals surface area contributed by atoms with E-state index >= 15 is 0 Å². The Morgan fingerprint density at radius 2 is 1.94 bits per heavy atom. The van der Waals surface area contributed by atoms with Crippen LogP contribution >= 0.6 is 11.6 Å². The van der Waals surface area contributed by atoms with Gasteiger partial charge in [0.1, 0.15) is 5.82 Å². The highest BCUT2D eigenvalue weighted by molar-refractivity contribution is 6.32. The summed E-state index contributed by atoms with van der Waals surface area (Å²) < 4.78 is 1.96. The molecule has 2 rings (SSSR count). The molecule has 0 aliphatic rings. The zero-order valence-electron chi connectivity index (χ0n) is 10.2. The van der Waals surface area contributed by atoms with Crippen LogP contribution in [0.25, 0.3) is 5.65 Å². The van der Waals surface area contributed by atoms with Gasteiger partial charge in [-0.2, -0.15) is 0 Å². The lowest BCUT2D eigenvalue weighted by Gasteiger charge is -2.12. The third-order valence-electron chi connectivity index (χ3n) is 2.95. The first-order chi connectivity index (χ1) is 8.27. The summed E-state index contributed by atoms with van der Waals surface area (Å²) in [5.41, 5.74) is 0.654. The second kappa shape index (κ2) is 5.45. The van der Waals surface area contributed by atoms with Crippen molar-refractivity contribution < 1.29 is 0 Å². The normalized spacial score (nSPS) is 11.5. The summed E-state index contributed by atoms with van der Waals surface area (Å²) in [6.07, 6.45) is 8.14. The molecule has 92 valence electrons. The van der Waals surface area contributed by atoms with Crippen LogP contribution < -0.4 is 0 Å². The van der Waals surface area contributed by atoms with Gasteiger partial charge in [0, 0.05) is 18.3 Å². The van der Waals surface area contributed by atoms with E-state index in [-0.39, 0.29) is 0 Å². The van der Waals surface area contributed by atoms with Crippen LogP contribution in [0.1, 0.15) is 51.3 Å². The highest BCUT2D eigenvalue weighted by atomic mass is 35.5. The molecule has 5 heteroatoms. The average Bonchev–Trinajstić information content (AvgIpc) is 2.74. The number of fused-ring (bicyclic) bond motifs is 1. The van der Waals surface area contributed by atoms with Crippen molar-refractivity contribution in [3.63, 3.8) is 0 Å². The molecule has 0 saturated heterocycles. The van der Waals surface area contributed by atoms with Crippen molar-refractivity contribution in [3.8, 4) is 0 Å². The molecule has 2 aromatic heterocycles. The van der Waals surface area contributed by atoms with Gasteiger partial charge < -0.3 is 0 Å². The number of hydrogen-bond donors (Lipinski definition) is 0. The minimum atomic E-state index is 0.415. The first kappa shape index (κ1) is 12.3. The second-order valence-corrected chi connectivity index (χ2v) is 4.60. The Labute approximate surface area is 106 Å². The van der Waals surface area contributed by atoms with Crippen LogP contribution in [-0.2, 0) is 0 Å². The first-order valence-electron chi connectivity index (χ1n) is 6.13. The predicted octanol–water partition coefficient (Wildman–Crippen LogP) is 3.46. The predicted molar refractivity (Wildman–Crippen MR) is 68.3 cm³/mol. The molecule has 0 unspecified atom stereocenters. The Bertz CT molecular complexity index is 488. The molecule has 0 spiro atoms.